The van der Waals surface area contributed by atoms with Gasteiger partial charge in [-0.25, -0.2) is 0 Å². The van der Waals surface area contributed by atoms with Gasteiger partial charge in [0, 0.05) is 23.2 Å². The third kappa shape index (κ3) is 2.58. The highest BCUT2D eigenvalue weighted by atomic mass is 16.5. The zero-order valence-electron chi connectivity index (χ0n) is 12.7. The first-order valence-corrected chi connectivity index (χ1v) is 7.25. The molecule has 0 saturated heterocycles. The molecule has 0 saturated carbocycles. The van der Waals surface area contributed by atoms with Gasteiger partial charge in [-0.15, -0.1) is 0 Å². The van der Waals surface area contributed by atoms with Crippen LogP contribution in [0.1, 0.15) is 16.7 Å². The van der Waals surface area contributed by atoms with Crippen LogP contribution >= 0.6 is 0 Å². The number of rotatable bonds is 2. The molecule has 2 aromatic rings. The van der Waals surface area contributed by atoms with Gasteiger partial charge in [-0.1, -0.05) is 29.8 Å². The number of fused-ring (bicyclic) bond motifs is 2. The first-order chi connectivity index (χ1) is 11.2. The number of carbonyl (C=O) groups is 1. The highest BCUT2D eigenvalue weighted by Gasteiger charge is 2.27. The number of hydrogen-bond acceptors (Lipinski definition) is 3. The molecule has 1 aliphatic heterocycles. The smallest absolute Gasteiger partial charge is 0.262 e. The number of benzene rings is 2. The molecule has 4 nitrogen and oxygen atoms in total. The Hall–Kier alpha value is -3.06. The van der Waals surface area contributed by atoms with Crippen molar-refractivity contribution >= 4 is 11.5 Å². The zero-order valence-corrected chi connectivity index (χ0v) is 12.7. The summed E-state index contributed by atoms with van der Waals surface area (Å²) in [6.07, 6.45) is 0. The van der Waals surface area contributed by atoms with Crippen molar-refractivity contribution in [1.29, 1.82) is 5.26 Å². The summed E-state index contributed by atoms with van der Waals surface area (Å²) in [5.41, 5.74) is 3.18. The first-order valence-electron chi connectivity index (χ1n) is 7.25. The Kier molecular flexibility index (Phi) is 3.86. The SMILES string of the molecule is [CH2]CNC(=O)/C(C#N)=C1\c2ccccc2Oc2ccc(C)cc21. The zero-order chi connectivity index (χ0) is 16.4. The average Bonchev–Trinajstić information content (AvgIpc) is 2.55. The van der Waals surface area contributed by atoms with Crippen LogP contribution in [-0.2, 0) is 4.79 Å². The molecule has 0 aromatic heterocycles. The topological polar surface area (TPSA) is 62.1 Å². The molecule has 1 radical (unpaired) electrons. The van der Waals surface area contributed by atoms with Crippen molar-refractivity contribution in [3.05, 3.63) is 71.7 Å². The highest BCUT2D eigenvalue weighted by Crippen LogP contribution is 2.45. The van der Waals surface area contributed by atoms with Crippen molar-refractivity contribution < 1.29 is 9.53 Å². The molecule has 4 heteroatoms. The molecular formula is C19H15N2O2. The van der Waals surface area contributed by atoms with E-state index in [-0.39, 0.29) is 12.1 Å². The molecule has 1 heterocycles. The Morgan fingerprint density at radius 1 is 1.22 bits per heavy atom. The molecule has 1 N–H and O–H groups in total. The molecule has 1 amide bonds. The van der Waals surface area contributed by atoms with Crippen molar-refractivity contribution in [2.45, 2.75) is 6.92 Å². The number of hydrogen-bond donors (Lipinski definition) is 1. The predicted molar refractivity (Wildman–Crippen MR) is 87.7 cm³/mol. The first kappa shape index (κ1) is 14.9. The highest BCUT2D eigenvalue weighted by molar-refractivity contribution is 6.09. The average molecular weight is 303 g/mol. The van der Waals surface area contributed by atoms with Crippen LogP contribution < -0.4 is 10.1 Å². The van der Waals surface area contributed by atoms with E-state index in [0.717, 1.165) is 16.7 Å². The van der Waals surface area contributed by atoms with E-state index in [1.807, 2.05) is 55.5 Å². The van der Waals surface area contributed by atoms with Crippen LogP contribution in [0.3, 0.4) is 0 Å². The number of ether oxygens (including phenoxy) is 1. The second-order valence-corrected chi connectivity index (χ2v) is 5.22. The van der Waals surface area contributed by atoms with E-state index in [1.54, 1.807) is 0 Å². The van der Waals surface area contributed by atoms with Gasteiger partial charge in [0.25, 0.3) is 5.91 Å². The van der Waals surface area contributed by atoms with E-state index >= 15 is 0 Å². The van der Waals surface area contributed by atoms with Gasteiger partial charge in [0.1, 0.15) is 23.1 Å². The molecule has 113 valence electrons. The lowest BCUT2D eigenvalue weighted by Gasteiger charge is -2.24. The predicted octanol–water partition coefficient (Wildman–Crippen LogP) is 3.38. The molecule has 2 aromatic carbocycles. The van der Waals surface area contributed by atoms with Gasteiger partial charge in [-0.3, -0.25) is 4.79 Å². The van der Waals surface area contributed by atoms with Crippen LogP contribution in [0.25, 0.3) is 5.57 Å². The van der Waals surface area contributed by atoms with Gasteiger partial charge < -0.3 is 10.1 Å². The molecular weight excluding hydrogens is 288 g/mol. The third-order valence-electron chi connectivity index (χ3n) is 3.66. The summed E-state index contributed by atoms with van der Waals surface area (Å²) in [5, 5.41) is 12.2. The van der Waals surface area contributed by atoms with E-state index in [1.165, 1.54) is 0 Å². The minimum absolute atomic E-state index is 0.0660. The Labute approximate surface area is 135 Å². The van der Waals surface area contributed by atoms with Crippen molar-refractivity contribution in [2.24, 2.45) is 0 Å². The summed E-state index contributed by atoms with van der Waals surface area (Å²) in [4.78, 5) is 12.3. The van der Waals surface area contributed by atoms with Crippen molar-refractivity contribution in [2.75, 3.05) is 6.54 Å². The van der Waals surface area contributed by atoms with Crippen molar-refractivity contribution in [3.63, 3.8) is 0 Å². The Balaban J connectivity index is 2.33. The maximum absolute atomic E-state index is 12.3. The fourth-order valence-electron chi connectivity index (χ4n) is 2.65. The second kappa shape index (κ2) is 5.98. The van der Waals surface area contributed by atoms with Gasteiger partial charge in [0.05, 0.1) is 0 Å². The lowest BCUT2D eigenvalue weighted by Crippen LogP contribution is -2.25. The Morgan fingerprint density at radius 3 is 2.70 bits per heavy atom. The minimum Gasteiger partial charge on any atom is -0.456 e. The maximum atomic E-state index is 12.3. The van der Waals surface area contributed by atoms with E-state index in [9.17, 15) is 10.1 Å². The molecule has 1 aliphatic rings. The summed E-state index contributed by atoms with van der Waals surface area (Å²) in [6.45, 7) is 5.78. The number of amides is 1. The molecule has 0 atom stereocenters. The van der Waals surface area contributed by atoms with E-state index in [0.29, 0.717) is 17.1 Å². The van der Waals surface area contributed by atoms with Crippen LogP contribution in [0.5, 0.6) is 11.5 Å². The van der Waals surface area contributed by atoms with Gasteiger partial charge >= 0.3 is 0 Å². The fraction of sp³-hybridized carbons (Fsp3) is 0.105. The number of nitriles is 1. The van der Waals surface area contributed by atoms with Gasteiger partial charge in [-0.05, 0) is 32.0 Å². The standard InChI is InChI=1S/C19H15N2O2/c1-3-21-19(22)15(11-20)18-13-6-4-5-7-16(13)23-17-9-8-12(2)10-14(17)18/h4-10H,1,3H2,2H3,(H,21,22)/b18-15+. The third-order valence-corrected chi connectivity index (χ3v) is 3.66. The summed E-state index contributed by atoms with van der Waals surface area (Å²) < 4.78 is 5.91. The van der Waals surface area contributed by atoms with Crippen LogP contribution in [0.4, 0.5) is 0 Å². The van der Waals surface area contributed by atoms with Crippen LogP contribution in [-0.4, -0.2) is 12.5 Å². The number of aryl methyl sites for hydroxylation is 1. The molecule has 3 rings (SSSR count). The number of carbonyl (C=O) groups excluding carboxylic acids is 1. The molecule has 0 aliphatic carbocycles. The molecule has 23 heavy (non-hydrogen) atoms. The summed E-state index contributed by atoms with van der Waals surface area (Å²) in [6, 6.07) is 15.2. The lowest BCUT2D eigenvalue weighted by atomic mass is 9.89. The van der Waals surface area contributed by atoms with Gasteiger partial charge in [-0.2, -0.15) is 5.26 Å². The second-order valence-electron chi connectivity index (χ2n) is 5.22. The largest absolute Gasteiger partial charge is 0.456 e. The summed E-state index contributed by atoms with van der Waals surface area (Å²) in [5.74, 6) is 0.843. The molecule has 0 unspecified atom stereocenters. The quantitative estimate of drug-likeness (QED) is 0.583. The number of nitrogens with zero attached hydrogens (tertiary/aromatic N) is 1. The van der Waals surface area contributed by atoms with E-state index in [2.05, 4.69) is 12.2 Å². The fourth-order valence-corrected chi connectivity index (χ4v) is 2.65. The van der Waals surface area contributed by atoms with Crippen LogP contribution in [0.2, 0.25) is 0 Å². The lowest BCUT2D eigenvalue weighted by molar-refractivity contribution is -0.116. The molecule has 0 fully saturated rings. The Morgan fingerprint density at radius 2 is 1.96 bits per heavy atom. The monoisotopic (exact) mass is 303 g/mol. The summed E-state index contributed by atoms with van der Waals surface area (Å²) in [7, 11) is 0. The van der Waals surface area contributed by atoms with Gasteiger partial charge in [0.15, 0.2) is 0 Å². The number of nitrogens with one attached hydrogen (secondary N) is 1. The van der Waals surface area contributed by atoms with Crippen LogP contribution in [0, 0.1) is 25.2 Å². The van der Waals surface area contributed by atoms with Crippen molar-refractivity contribution in [3.8, 4) is 17.6 Å². The Bertz CT molecular complexity index is 860. The minimum atomic E-state index is -0.429. The maximum Gasteiger partial charge on any atom is 0.262 e. The molecule has 0 bridgehead atoms. The normalized spacial score (nSPS) is 14.0. The molecule has 0 spiro atoms. The van der Waals surface area contributed by atoms with E-state index in [4.69, 9.17) is 4.74 Å². The number of para-hydroxylation sites is 1. The van der Waals surface area contributed by atoms with Crippen LogP contribution in [0.15, 0.2) is 48.0 Å². The summed E-state index contributed by atoms with van der Waals surface area (Å²) >= 11 is 0. The van der Waals surface area contributed by atoms with E-state index < -0.39 is 5.91 Å². The van der Waals surface area contributed by atoms with Gasteiger partial charge in [0.2, 0.25) is 0 Å². The van der Waals surface area contributed by atoms with Crippen molar-refractivity contribution in [1.82, 2.24) is 5.32 Å².